The number of carbonyl (C=O) groups excluding carboxylic acids is 1. The van der Waals surface area contributed by atoms with Crippen LogP contribution in [0.1, 0.15) is 5.56 Å². The summed E-state index contributed by atoms with van der Waals surface area (Å²) < 4.78 is 0. The zero-order valence-electron chi connectivity index (χ0n) is 8.44. The van der Waals surface area contributed by atoms with Gasteiger partial charge >= 0.3 is 0 Å². The number of halogens is 1. The van der Waals surface area contributed by atoms with Gasteiger partial charge in [0.15, 0.2) is 0 Å². The molecule has 0 bridgehead atoms. The predicted octanol–water partition coefficient (Wildman–Crippen LogP) is 3.58. The second-order valence-corrected chi connectivity index (χ2v) is 4.58. The van der Waals surface area contributed by atoms with Crippen LogP contribution >= 0.6 is 22.9 Å². The number of carbonyl (C=O) groups is 1. The highest BCUT2D eigenvalue weighted by atomic mass is 35.5. The van der Waals surface area contributed by atoms with E-state index in [0.29, 0.717) is 11.4 Å². The SMILES string of the molecule is O=C(Cc1ccsc1)Nc1cccc(Cl)c1. The van der Waals surface area contributed by atoms with Gasteiger partial charge in [0.05, 0.1) is 6.42 Å². The maximum absolute atomic E-state index is 11.6. The van der Waals surface area contributed by atoms with Crippen LogP contribution in [0, 0.1) is 0 Å². The minimum Gasteiger partial charge on any atom is -0.326 e. The largest absolute Gasteiger partial charge is 0.326 e. The molecular formula is C12H10ClNOS. The van der Waals surface area contributed by atoms with Crippen LogP contribution in [-0.4, -0.2) is 5.91 Å². The molecule has 0 saturated heterocycles. The number of hydrogen-bond donors (Lipinski definition) is 1. The Bertz CT molecular complexity index is 482. The summed E-state index contributed by atoms with van der Waals surface area (Å²) in [7, 11) is 0. The van der Waals surface area contributed by atoms with E-state index < -0.39 is 0 Å². The second kappa shape index (κ2) is 5.14. The average Bonchev–Trinajstić information content (AvgIpc) is 2.70. The molecular weight excluding hydrogens is 242 g/mol. The normalized spacial score (nSPS) is 10.1. The average molecular weight is 252 g/mol. The Morgan fingerprint density at radius 2 is 2.25 bits per heavy atom. The molecule has 0 aliphatic rings. The number of anilines is 1. The summed E-state index contributed by atoms with van der Waals surface area (Å²) in [4.78, 5) is 11.6. The third kappa shape index (κ3) is 3.08. The quantitative estimate of drug-likeness (QED) is 0.888. The van der Waals surface area contributed by atoms with Crippen molar-refractivity contribution in [2.45, 2.75) is 6.42 Å². The van der Waals surface area contributed by atoms with Gasteiger partial charge in [0.25, 0.3) is 0 Å². The van der Waals surface area contributed by atoms with E-state index in [9.17, 15) is 4.79 Å². The smallest absolute Gasteiger partial charge is 0.228 e. The third-order valence-electron chi connectivity index (χ3n) is 2.05. The van der Waals surface area contributed by atoms with Gasteiger partial charge in [-0.2, -0.15) is 11.3 Å². The van der Waals surface area contributed by atoms with Crippen LogP contribution in [0.25, 0.3) is 0 Å². The predicted molar refractivity (Wildman–Crippen MR) is 68.1 cm³/mol. The number of amides is 1. The molecule has 82 valence electrons. The molecule has 0 atom stereocenters. The van der Waals surface area contributed by atoms with E-state index in [4.69, 9.17) is 11.6 Å². The zero-order valence-corrected chi connectivity index (χ0v) is 10.0. The Balaban J connectivity index is 1.97. The van der Waals surface area contributed by atoms with Crippen LogP contribution in [0.3, 0.4) is 0 Å². The molecule has 1 heterocycles. The van der Waals surface area contributed by atoms with Gasteiger partial charge in [-0.15, -0.1) is 0 Å². The Morgan fingerprint density at radius 3 is 2.94 bits per heavy atom. The van der Waals surface area contributed by atoms with Crippen LogP contribution in [0.5, 0.6) is 0 Å². The Kier molecular flexibility index (Phi) is 3.59. The zero-order chi connectivity index (χ0) is 11.4. The maximum atomic E-state index is 11.6. The minimum atomic E-state index is -0.0272. The molecule has 1 aromatic heterocycles. The van der Waals surface area contributed by atoms with Crippen molar-refractivity contribution >= 4 is 34.5 Å². The van der Waals surface area contributed by atoms with E-state index in [2.05, 4.69) is 5.32 Å². The lowest BCUT2D eigenvalue weighted by Crippen LogP contribution is -2.13. The molecule has 2 rings (SSSR count). The van der Waals surface area contributed by atoms with E-state index in [1.54, 1.807) is 23.5 Å². The lowest BCUT2D eigenvalue weighted by molar-refractivity contribution is -0.115. The van der Waals surface area contributed by atoms with Crippen LogP contribution in [0.2, 0.25) is 5.02 Å². The minimum absolute atomic E-state index is 0.0272. The van der Waals surface area contributed by atoms with E-state index in [-0.39, 0.29) is 5.91 Å². The summed E-state index contributed by atoms with van der Waals surface area (Å²) in [6.45, 7) is 0. The van der Waals surface area contributed by atoms with Crippen molar-refractivity contribution in [3.8, 4) is 0 Å². The van der Waals surface area contributed by atoms with Crippen molar-refractivity contribution in [3.05, 3.63) is 51.7 Å². The summed E-state index contributed by atoms with van der Waals surface area (Å²) >= 11 is 7.41. The molecule has 0 aliphatic carbocycles. The summed E-state index contributed by atoms with van der Waals surface area (Å²) in [5, 5.41) is 7.35. The van der Waals surface area contributed by atoms with Crippen molar-refractivity contribution < 1.29 is 4.79 Å². The van der Waals surface area contributed by atoms with Crippen molar-refractivity contribution in [1.82, 2.24) is 0 Å². The van der Waals surface area contributed by atoms with Crippen molar-refractivity contribution in [1.29, 1.82) is 0 Å². The number of rotatable bonds is 3. The number of nitrogens with one attached hydrogen (secondary N) is 1. The Hall–Kier alpha value is -1.32. The van der Waals surface area contributed by atoms with Crippen molar-refractivity contribution in [2.24, 2.45) is 0 Å². The summed E-state index contributed by atoms with van der Waals surface area (Å²) in [6, 6.07) is 9.07. The first-order valence-corrected chi connectivity index (χ1v) is 6.12. The number of thiophene rings is 1. The Morgan fingerprint density at radius 1 is 1.38 bits per heavy atom. The molecule has 0 aliphatic heterocycles. The van der Waals surface area contributed by atoms with Gasteiger partial charge in [-0.1, -0.05) is 17.7 Å². The molecule has 0 saturated carbocycles. The fourth-order valence-electron chi connectivity index (χ4n) is 1.35. The van der Waals surface area contributed by atoms with Gasteiger partial charge in [-0.3, -0.25) is 4.79 Å². The fourth-order valence-corrected chi connectivity index (χ4v) is 2.21. The monoisotopic (exact) mass is 251 g/mol. The first kappa shape index (κ1) is 11.2. The van der Waals surface area contributed by atoms with E-state index in [1.807, 2.05) is 29.0 Å². The molecule has 0 spiro atoms. The molecule has 0 unspecified atom stereocenters. The lowest BCUT2D eigenvalue weighted by atomic mass is 10.2. The highest BCUT2D eigenvalue weighted by Crippen LogP contribution is 2.15. The first-order chi connectivity index (χ1) is 7.74. The first-order valence-electron chi connectivity index (χ1n) is 4.80. The van der Waals surface area contributed by atoms with Crippen molar-refractivity contribution in [3.63, 3.8) is 0 Å². The van der Waals surface area contributed by atoms with Crippen LogP contribution < -0.4 is 5.32 Å². The van der Waals surface area contributed by atoms with Crippen LogP contribution in [0.4, 0.5) is 5.69 Å². The Labute approximate surface area is 103 Å². The van der Waals surface area contributed by atoms with E-state index in [1.165, 1.54) is 0 Å². The maximum Gasteiger partial charge on any atom is 0.228 e. The standard InChI is InChI=1S/C12H10ClNOS/c13-10-2-1-3-11(7-10)14-12(15)6-9-4-5-16-8-9/h1-5,7-8H,6H2,(H,14,15). The third-order valence-corrected chi connectivity index (χ3v) is 3.02. The molecule has 0 radical (unpaired) electrons. The van der Waals surface area contributed by atoms with Crippen LogP contribution in [-0.2, 0) is 11.2 Å². The highest BCUT2D eigenvalue weighted by molar-refractivity contribution is 7.08. The number of benzene rings is 1. The molecule has 1 N–H and O–H groups in total. The molecule has 1 amide bonds. The highest BCUT2D eigenvalue weighted by Gasteiger charge is 2.04. The molecule has 1 aromatic carbocycles. The molecule has 0 fully saturated rings. The van der Waals surface area contributed by atoms with Gasteiger partial charge in [0.1, 0.15) is 0 Å². The van der Waals surface area contributed by atoms with E-state index >= 15 is 0 Å². The van der Waals surface area contributed by atoms with Gasteiger partial charge in [0, 0.05) is 10.7 Å². The van der Waals surface area contributed by atoms with Gasteiger partial charge in [-0.25, -0.2) is 0 Å². The summed E-state index contributed by atoms with van der Waals surface area (Å²) in [6.07, 6.45) is 0.399. The second-order valence-electron chi connectivity index (χ2n) is 3.37. The lowest BCUT2D eigenvalue weighted by Gasteiger charge is -2.04. The molecule has 4 heteroatoms. The van der Waals surface area contributed by atoms with Crippen LogP contribution in [0.15, 0.2) is 41.1 Å². The van der Waals surface area contributed by atoms with Gasteiger partial charge in [-0.05, 0) is 40.6 Å². The summed E-state index contributed by atoms with van der Waals surface area (Å²) in [5.41, 5.74) is 1.76. The summed E-state index contributed by atoms with van der Waals surface area (Å²) in [5.74, 6) is -0.0272. The molecule has 16 heavy (non-hydrogen) atoms. The van der Waals surface area contributed by atoms with Crippen molar-refractivity contribution in [2.75, 3.05) is 5.32 Å². The van der Waals surface area contributed by atoms with Gasteiger partial charge in [0.2, 0.25) is 5.91 Å². The topological polar surface area (TPSA) is 29.1 Å². The van der Waals surface area contributed by atoms with E-state index in [0.717, 1.165) is 11.3 Å². The van der Waals surface area contributed by atoms with Gasteiger partial charge < -0.3 is 5.32 Å². The fraction of sp³-hybridized carbons (Fsp3) is 0.0833. The number of hydrogen-bond acceptors (Lipinski definition) is 2. The molecule has 2 aromatic rings. The molecule has 2 nitrogen and oxygen atoms in total.